The maximum atomic E-state index is 12.1. The minimum Gasteiger partial charge on any atom is -0.495 e. The van der Waals surface area contributed by atoms with Crippen molar-refractivity contribution in [1.82, 2.24) is 0 Å². The lowest BCUT2D eigenvalue weighted by Gasteiger charge is -2.18. The second-order valence-electron chi connectivity index (χ2n) is 5.01. The lowest BCUT2D eigenvalue weighted by Crippen LogP contribution is -2.18. The van der Waals surface area contributed by atoms with Crippen molar-refractivity contribution < 1.29 is 18.3 Å². The number of methoxy groups -OCH3 is 1. The topological polar surface area (TPSA) is 63.6 Å². The Morgan fingerprint density at radius 2 is 2.00 bits per heavy atom. The average molecular weight is 268 g/mol. The molecule has 0 bridgehead atoms. The van der Waals surface area contributed by atoms with E-state index in [0.29, 0.717) is 16.9 Å². The molecule has 1 aliphatic rings. The van der Waals surface area contributed by atoms with Crippen molar-refractivity contribution in [3.8, 4) is 5.75 Å². The molecule has 0 aromatic heterocycles. The van der Waals surface area contributed by atoms with Crippen molar-refractivity contribution >= 4 is 15.4 Å². The first-order chi connectivity index (χ1) is 8.24. The predicted molar refractivity (Wildman–Crippen MR) is 69.1 cm³/mol. The second-order valence-corrected chi connectivity index (χ2v) is 6.75. The van der Waals surface area contributed by atoms with Gasteiger partial charge in [-0.25, -0.2) is 8.42 Å². The van der Waals surface area contributed by atoms with E-state index >= 15 is 0 Å². The zero-order valence-electron chi connectivity index (χ0n) is 10.6. The Bertz CT molecular complexity index is 606. The third kappa shape index (κ3) is 2.28. The number of rotatable bonds is 3. The molecule has 1 heterocycles. The van der Waals surface area contributed by atoms with Crippen LogP contribution >= 0.6 is 0 Å². The zero-order valence-corrected chi connectivity index (χ0v) is 11.4. The number of hydrogen-bond donors (Lipinski definition) is 1. The van der Waals surface area contributed by atoms with Crippen LogP contribution in [0.3, 0.4) is 0 Å². The third-order valence-corrected chi connectivity index (χ3v) is 4.33. The molecule has 0 atom stereocenters. The molecule has 1 aromatic rings. The summed E-state index contributed by atoms with van der Waals surface area (Å²) in [5, 5.41) is 11.1. The van der Waals surface area contributed by atoms with Gasteiger partial charge in [-0.1, -0.05) is 12.1 Å². The summed E-state index contributed by atoms with van der Waals surface area (Å²) in [6, 6.07) is 5.11. The molecule has 2 rings (SSSR count). The molecular weight excluding hydrogens is 252 g/mol. The van der Waals surface area contributed by atoms with Crippen LogP contribution in [0.1, 0.15) is 25.8 Å². The third-order valence-electron chi connectivity index (χ3n) is 2.75. The first-order valence-corrected chi connectivity index (χ1v) is 7.15. The quantitative estimate of drug-likeness (QED) is 0.910. The van der Waals surface area contributed by atoms with E-state index in [1.54, 1.807) is 32.0 Å². The van der Waals surface area contributed by atoms with E-state index in [4.69, 9.17) is 4.74 Å². The lowest BCUT2D eigenvalue weighted by molar-refractivity contribution is 0.0864. The number of hydrogen-bond acceptors (Lipinski definition) is 4. The van der Waals surface area contributed by atoms with Crippen LogP contribution in [0.15, 0.2) is 28.5 Å². The summed E-state index contributed by atoms with van der Waals surface area (Å²) in [6.07, 6.45) is 0.284. The Labute approximate surface area is 107 Å². The van der Waals surface area contributed by atoms with E-state index < -0.39 is 15.4 Å². The number of aliphatic hydroxyl groups is 1. The Morgan fingerprint density at radius 3 is 2.56 bits per heavy atom. The summed E-state index contributed by atoms with van der Waals surface area (Å²) >= 11 is 0. The summed E-state index contributed by atoms with van der Waals surface area (Å²) in [5.41, 5.74) is 0.291. The van der Waals surface area contributed by atoms with Gasteiger partial charge in [0.25, 0.3) is 0 Å². The van der Waals surface area contributed by atoms with Gasteiger partial charge in [0, 0.05) is 17.4 Å². The lowest BCUT2D eigenvalue weighted by atomic mass is 9.94. The number of benzene rings is 1. The van der Waals surface area contributed by atoms with Gasteiger partial charge in [0.05, 0.1) is 12.7 Å². The molecule has 0 aliphatic carbocycles. The minimum atomic E-state index is -3.47. The summed E-state index contributed by atoms with van der Waals surface area (Å²) in [6.45, 7) is 3.30. The van der Waals surface area contributed by atoms with Crippen molar-refractivity contribution in [2.45, 2.75) is 30.8 Å². The molecule has 1 aromatic carbocycles. The van der Waals surface area contributed by atoms with Gasteiger partial charge in [0.1, 0.15) is 10.6 Å². The Hall–Kier alpha value is -1.33. The maximum absolute atomic E-state index is 12.1. The SMILES string of the molecule is COc1cccc2c1S(=O)(=O)C=C2CC(C)(C)O. The largest absolute Gasteiger partial charge is 0.495 e. The summed E-state index contributed by atoms with van der Waals surface area (Å²) in [4.78, 5) is 0.201. The Kier molecular flexibility index (Phi) is 2.99. The first kappa shape index (κ1) is 13.1. The number of sulfone groups is 1. The number of ether oxygens (including phenoxy) is 1. The molecule has 1 aliphatic heterocycles. The van der Waals surface area contributed by atoms with Crippen LogP contribution in [0.4, 0.5) is 0 Å². The van der Waals surface area contributed by atoms with Gasteiger partial charge >= 0.3 is 0 Å². The molecule has 0 spiro atoms. The molecule has 1 N–H and O–H groups in total. The van der Waals surface area contributed by atoms with Gasteiger partial charge in [-0.05, 0) is 25.5 Å². The summed E-state index contributed by atoms with van der Waals surface area (Å²) < 4.78 is 29.3. The van der Waals surface area contributed by atoms with Crippen LogP contribution in [0.5, 0.6) is 5.75 Å². The van der Waals surface area contributed by atoms with Crippen LogP contribution in [-0.2, 0) is 9.84 Å². The highest BCUT2D eigenvalue weighted by Gasteiger charge is 2.32. The molecule has 0 amide bonds. The first-order valence-electron chi connectivity index (χ1n) is 5.60. The molecule has 0 fully saturated rings. The molecule has 4 nitrogen and oxygen atoms in total. The van der Waals surface area contributed by atoms with Crippen molar-refractivity contribution in [3.05, 3.63) is 29.2 Å². The van der Waals surface area contributed by atoms with Crippen LogP contribution in [0, 0.1) is 0 Å². The monoisotopic (exact) mass is 268 g/mol. The van der Waals surface area contributed by atoms with E-state index in [2.05, 4.69) is 0 Å². The second kappa shape index (κ2) is 4.10. The van der Waals surface area contributed by atoms with Gasteiger partial charge in [0.2, 0.25) is 9.84 Å². The average Bonchev–Trinajstić information content (AvgIpc) is 2.48. The van der Waals surface area contributed by atoms with Crippen molar-refractivity contribution in [2.24, 2.45) is 0 Å². The normalized spacial score (nSPS) is 17.2. The maximum Gasteiger partial charge on any atom is 0.204 e. The van der Waals surface area contributed by atoms with Crippen LogP contribution in [0.2, 0.25) is 0 Å². The van der Waals surface area contributed by atoms with Gasteiger partial charge in [0.15, 0.2) is 0 Å². The zero-order chi connectivity index (χ0) is 13.6. The fourth-order valence-corrected chi connectivity index (χ4v) is 3.78. The fraction of sp³-hybridized carbons (Fsp3) is 0.385. The standard InChI is InChI=1S/C13H16O4S/c1-13(2,14)7-9-8-18(15,16)12-10(9)5-4-6-11(12)17-3/h4-6,8,14H,7H2,1-3H3. The molecule has 0 unspecified atom stereocenters. The van der Waals surface area contributed by atoms with E-state index in [1.165, 1.54) is 12.5 Å². The molecule has 98 valence electrons. The van der Waals surface area contributed by atoms with Crippen molar-refractivity contribution in [3.63, 3.8) is 0 Å². The van der Waals surface area contributed by atoms with Crippen LogP contribution in [-0.4, -0.2) is 26.2 Å². The molecule has 18 heavy (non-hydrogen) atoms. The Morgan fingerprint density at radius 1 is 1.33 bits per heavy atom. The molecule has 0 radical (unpaired) electrons. The van der Waals surface area contributed by atoms with E-state index in [-0.39, 0.29) is 11.3 Å². The number of fused-ring (bicyclic) bond motifs is 1. The molecular formula is C13H16O4S. The van der Waals surface area contributed by atoms with E-state index in [0.717, 1.165) is 0 Å². The van der Waals surface area contributed by atoms with Crippen LogP contribution < -0.4 is 4.74 Å². The fourth-order valence-electron chi connectivity index (χ4n) is 2.14. The summed E-state index contributed by atoms with van der Waals surface area (Å²) in [5.74, 6) is 0.342. The van der Waals surface area contributed by atoms with Gasteiger partial charge in [-0.15, -0.1) is 0 Å². The predicted octanol–water partition coefficient (Wildman–Crippen LogP) is 1.98. The van der Waals surface area contributed by atoms with Gasteiger partial charge < -0.3 is 9.84 Å². The van der Waals surface area contributed by atoms with Gasteiger partial charge in [-0.2, -0.15) is 0 Å². The van der Waals surface area contributed by atoms with Crippen molar-refractivity contribution in [1.29, 1.82) is 0 Å². The minimum absolute atomic E-state index is 0.201. The van der Waals surface area contributed by atoms with Gasteiger partial charge in [-0.3, -0.25) is 0 Å². The van der Waals surface area contributed by atoms with Crippen LogP contribution in [0.25, 0.3) is 5.57 Å². The molecule has 0 saturated heterocycles. The van der Waals surface area contributed by atoms with Crippen molar-refractivity contribution in [2.75, 3.05) is 7.11 Å². The highest BCUT2D eigenvalue weighted by atomic mass is 32.2. The van der Waals surface area contributed by atoms with E-state index in [9.17, 15) is 13.5 Å². The highest BCUT2D eigenvalue weighted by Crippen LogP contribution is 2.42. The molecule has 0 saturated carbocycles. The Balaban J connectivity index is 2.59. The summed E-state index contributed by atoms with van der Waals surface area (Å²) in [7, 11) is -2.02. The smallest absolute Gasteiger partial charge is 0.204 e. The highest BCUT2D eigenvalue weighted by molar-refractivity contribution is 7.95. The van der Waals surface area contributed by atoms with E-state index in [1.807, 2.05) is 0 Å². The molecule has 5 heteroatoms.